The van der Waals surface area contributed by atoms with Gasteiger partial charge in [-0.25, -0.2) is 0 Å². The summed E-state index contributed by atoms with van der Waals surface area (Å²) in [6.45, 7) is 3.10. The first-order chi connectivity index (χ1) is 8.99. The van der Waals surface area contributed by atoms with Crippen molar-refractivity contribution < 1.29 is 15.0 Å². The molecule has 0 spiro atoms. The zero-order valence-electron chi connectivity index (χ0n) is 10.5. The fourth-order valence-corrected chi connectivity index (χ4v) is 1.70. The number of benzene rings is 1. The van der Waals surface area contributed by atoms with Crippen molar-refractivity contribution in [1.82, 2.24) is 4.90 Å². The molecule has 0 radical (unpaired) electrons. The van der Waals surface area contributed by atoms with Crippen LogP contribution in [-0.2, 0) is 6.54 Å². The van der Waals surface area contributed by atoms with Crippen molar-refractivity contribution in [2.75, 3.05) is 19.7 Å². The van der Waals surface area contributed by atoms with Gasteiger partial charge in [0, 0.05) is 24.7 Å². The Hall–Kier alpha value is -2.06. The van der Waals surface area contributed by atoms with Gasteiger partial charge in [0.05, 0.1) is 22.5 Å². The molecular formula is C11H15N3O5. The summed E-state index contributed by atoms with van der Waals surface area (Å²) in [5, 5.41) is 30.4. The summed E-state index contributed by atoms with van der Waals surface area (Å²) in [5.41, 5.74) is -0.183. The predicted molar refractivity (Wildman–Crippen MR) is 67.8 cm³/mol. The van der Waals surface area contributed by atoms with E-state index in [1.807, 2.05) is 11.8 Å². The predicted octanol–water partition coefficient (Wildman–Crippen LogP) is 1.32. The Balaban J connectivity index is 3.06. The lowest BCUT2D eigenvalue weighted by Crippen LogP contribution is -2.26. The molecule has 0 bridgehead atoms. The molecule has 0 aromatic heterocycles. The lowest BCUT2D eigenvalue weighted by molar-refractivity contribution is -0.394. The highest BCUT2D eigenvalue weighted by Gasteiger charge is 2.20. The van der Waals surface area contributed by atoms with Gasteiger partial charge >= 0.3 is 0 Å². The van der Waals surface area contributed by atoms with E-state index in [1.54, 1.807) is 0 Å². The number of nitrogens with zero attached hydrogens (tertiary/aromatic N) is 3. The molecule has 8 heteroatoms. The largest absolute Gasteiger partial charge is 0.395 e. The highest BCUT2D eigenvalue weighted by molar-refractivity contribution is 5.49. The quantitative estimate of drug-likeness (QED) is 0.590. The van der Waals surface area contributed by atoms with Crippen LogP contribution in [0.5, 0.6) is 0 Å². The Morgan fingerprint density at radius 3 is 2.42 bits per heavy atom. The molecule has 0 aliphatic rings. The van der Waals surface area contributed by atoms with Gasteiger partial charge in [-0.05, 0) is 12.6 Å². The van der Waals surface area contributed by atoms with Crippen molar-refractivity contribution in [3.05, 3.63) is 44.0 Å². The molecule has 0 fully saturated rings. The first-order valence-corrected chi connectivity index (χ1v) is 5.74. The topological polar surface area (TPSA) is 110 Å². The van der Waals surface area contributed by atoms with Crippen LogP contribution >= 0.6 is 0 Å². The van der Waals surface area contributed by atoms with Crippen molar-refractivity contribution in [1.29, 1.82) is 0 Å². The standard InChI is InChI=1S/C11H15N3O5/c1-2-12(5-6-15)8-9-3-4-10(13(16)17)7-11(9)14(18)19/h3-4,7,15H,2,5-6,8H2,1H3. The lowest BCUT2D eigenvalue weighted by atomic mass is 10.1. The Kier molecular flexibility index (Phi) is 5.34. The Morgan fingerprint density at radius 1 is 1.26 bits per heavy atom. The van der Waals surface area contributed by atoms with Crippen LogP contribution in [0.1, 0.15) is 12.5 Å². The molecule has 1 aromatic carbocycles. The maximum atomic E-state index is 10.9. The maximum Gasteiger partial charge on any atom is 0.280 e. The van der Waals surface area contributed by atoms with Gasteiger partial charge in [-0.15, -0.1) is 0 Å². The van der Waals surface area contributed by atoms with Gasteiger partial charge < -0.3 is 5.11 Å². The summed E-state index contributed by atoms with van der Waals surface area (Å²) in [6.07, 6.45) is 0. The lowest BCUT2D eigenvalue weighted by Gasteiger charge is -2.18. The van der Waals surface area contributed by atoms with Gasteiger partial charge in [0.2, 0.25) is 0 Å². The third kappa shape index (κ3) is 3.97. The monoisotopic (exact) mass is 269 g/mol. The summed E-state index contributed by atoms with van der Waals surface area (Å²) in [4.78, 5) is 22.1. The first kappa shape index (κ1) is 15.0. The number of non-ortho nitro benzene ring substituents is 1. The zero-order chi connectivity index (χ0) is 14.4. The van der Waals surface area contributed by atoms with E-state index in [2.05, 4.69) is 0 Å². The molecule has 19 heavy (non-hydrogen) atoms. The minimum Gasteiger partial charge on any atom is -0.395 e. The van der Waals surface area contributed by atoms with Crippen LogP contribution in [0, 0.1) is 20.2 Å². The second-order valence-corrected chi connectivity index (χ2v) is 3.92. The molecule has 0 atom stereocenters. The van der Waals surface area contributed by atoms with Gasteiger partial charge in [-0.2, -0.15) is 0 Å². The fraction of sp³-hybridized carbons (Fsp3) is 0.455. The van der Waals surface area contributed by atoms with Crippen molar-refractivity contribution in [3.8, 4) is 0 Å². The van der Waals surface area contributed by atoms with E-state index in [-0.39, 0.29) is 24.5 Å². The number of aliphatic hydroxyl groups is 1. The van der Waals surface area contributed by atoms with Gasteiger partial charge in [-0.1, -0.05) is 6.92 Å². The zero-order valence-corrected chi connectivity index (χ0v) is 10.5. The molecule has 1 N–H and O–H groups in total. The SMILES string of the molecule is CCN(CCO)Cc1ccc([N+](=O)[O-])cc1[N+](=O)[O-]. The number of likely N-dealkylation sites (N-methyl/N-ethyl adjacent to an activating group) is 1. The molecule has 0 aliphatic carbocycles. The number of nitro groups is 2. The number of aliphatic hydroxyl groups excluding tert-OH is 1. The summed E-state index contributed by atoms with van der Waals surface area (Å²) in [7, 11) is 0. The number of nitro benzene ring substituents is 2. The van der Waals surface area contributed by atoms with E-state index in [0.29, 0.717) is 18.7 Å². The normalized spacial score (nSPS) is 10.7. The Morgan fingerprint density at radius 2 is 1.95 bits per heavy atom. The highest BCUT2D eigenvalue weighted by atomic mass is 16.6. The Bertz CT molecular complexity index is 477. The fourth-order valence-electron chi connectivity index (χ4n) is 1.70. The molecular weight excluding hydrogens is 254 g/mol. The first-order valence-electron chi connectivity index (χ1n) is 5.74. The molecule has 1 rings (SSSR count). The summed E-state index contributed by atoms with van der Waals surface area (Å²) in [5.74, 6) is 0. The van der Waals surface area contributed by atoms with Crippen LogP contribution in [0.4, 0.5) is 11.4 Å². The van der Waals surface area contributed by atoms with Crippen molar-refractivity contribution in [3.63, 3.8) is 0 Å². The number of hydrogen-bond acceptors (Lipinski definition) is 6. The van der Waals surface area contributed by atoms with Crippen LogP contribution in [0.3, 0.4) is 0 Å². The molecule has 0 aliphatic heterocycles. The number of hydrogen-bond donors (Lipinski definition) is 1. The Labute approximate surface area is 109 Å². The molecule has 0 saturated heterocycles. The minimum absolute atomic E-state index is 0.0470. The van der Waals surface area contributed by atoms with Crippen molar-refractivity contribution in [2.24, 2.45) is 0 Å². The van der Waals surface area contributed by atoms with Crippen LogP contribution < -0.4 is 0 Å². The van der Waals surface area contributed by atoms with Crippen molar-refractivity contribution >= 4 is 11.4 Å². The third-order valence-electron chi connectivity index (χ3n) is 2.73. The second-order valence-electron chi connectivity index (χ2n) is 3.92. The molecule has 0 heterocycles. The van der Waals surface area contributed by atoms with Crippen LogP contribution in [0.25, 0.3) is 0 Å². The van der Waals surface area contributed by atoms with Gasteiger partial charge in [0.1, 0.15) is 0 Å². The molecule has 0 amide bonds. The third-order valence-corrected chi connectivity index (χ3v) is 2.73. The molecule has 1 aromatic rings. The van der Waals surface area contributed by atoms with Gasteiger partial charge in [-0.3, -0.25) is 25.1 Å². The molecule has 0 saturated carbocycles. The maximum absolute atomic E-state index is 10.9. The smallest absolute Gasteiger partial charge is 0.280 e. The average Bonchev–Trinajstić information content (AvgIpc) is 2.37. The van der Waals surface area contributed by atoms with Crippen LogP contribution in [0.15, 0.2) is 18.2 Å². The molecule has 104 valence electrons. The van der Waals surface area contributed by atoms with Gasteiger partial charge in [0.25, 0.3) is 11.4 Å². The highest BCUT2D eigenvalue weighted by Crippen LogP contribution is 2.25. The van der Waals surface area contributed by atoms with E-state index < -0.39 is 9.85 Å². The van der Waals surface area contributed by atoms with E-state index in [4.69, 9.17) is 5.11 Å². The molecule has 8 nitrogen and oxygen atoms in total. The molecule has 0 unspecified atom stereocenters. The summed E-state index contributed by atoms with van der Waals surface area (Å²) < 4.78 is 0. The number of rotatable bonds is 7. The van der Waals surface area contributed by atoms with E-state index >= 15 is 0 Å². The summed E-state index contributed by atoms with van der Waals surface area (Å²) in [6, 6.07) is 3.59. The van der Waals surface area contributed by atoms with E-state index in [1.165, 1.54) is 12.1 Å². The average molecular weight is 269 g/mol. The van der Waals surface area contributed by atoms with Crippen LogP contribution in [-0.4, -0.2) is 39.5 Å². The van der Waals surface area contributed by atoms with Crippen LogP contribution in [0.2, 0.25) is 0 Å². The van der Waals surface area contributed by atoms with E-state index in [9.17, 15) is 20.2 Å². The minimum atomic E-state index is -0.665. The van der Waals surface area contributed by atoms with E-state index in [0.717, 1.165) is 6.07 Å². The van der Waals surface area contributed by atoms with Crippen molar-refractivity contribution in [2.45, 2.75) is 13.5 Å². The van der Waals surface area contributed by atoms with Gasteiger partial charge in [0.15, 0.2) is 0 Å². The second kappa shape index (κ2) is 6.76. The summed E-state index contributed by atoms with van der Waals surface area (Å²) >= 11 is 0.